The Morgan fingerprint density at radius 3 is 2.35 bits per heavy atom. The lowest BCUT2D eigenvalue weighted by Gasteiger charge is -2.46. The zero-order valence-corrected chi connectivity index (χ0v) is 15.0. The molecular formula is C14H27ClN2O9. The zero-order chi connectivity index (χ0) is 18.7. The maximum atomic E-state index is 11.4. The van der Waals surface area contributed by atoms with Gasteiger partial charge in [0.2, 0.25) is 5.91 Å². The maximum Gasteiger partial charge on any atom is 0.217 e. The molecule has 0 bridgehead atoms. The second-order valence-corrected chi connectivity index (χ2v) is 6.29. The molecule has 11 nitrogen and oxygen atoms in total. The number of aliphatic hydroxyl groups excluding tert-OH is 6. The van der Waals surface area contributed by atoms with Crippen molar-refractivity contribution in [3.05, 3.63) is 0 Å². The molecule has 2 fully saturated rings. The average molecular weight is 403 g/mol. The average Bonchev–Trinajstić information content (AvgIpc) is 2.58. The highest BCUT2D eigenvalue weighted by molar-refractivity contribution is 5.85. The van der Waals surface area contributed by atoms with E-state index in [0.717, 1.165) is 0 Å². The molecule has 0 aromatic rings. The molecule has 0 spiro atoms. The van der Waals surface area contributed by atoms with Crippen molar-refractivity contribution in [3.63, 3.8) is 0 Å². The molecule has 0 unspecified atom stereocenters. The van der Waals surface area contributed by atoms with Crippen LogP contribution in [0.3, 0.4) is 0 Å². The topological polar surface area (TPSA) is 181 Å². The van der Waals surface area contributed by atoms with Gasteiger partial charge in [0.1, 0.15) is 36.6 Å². The van der Waals surface area contributed by atoms with E-state index in [0.29, 0.717) is 0 Å². The van der Waals surface area contributed by atoms with Crippen molar-refractivity contribution in [3.8, 4) is 0 Å². The number of piperidine rings is 1. The normalized spacial score (nSPS) is 43.4. The molecule has 1 amide bonds. The third kappa shape index (κ3) is 5.01. The number of hydrogen-bond donors (Lipinski definition) is 8. The lowest BCUT2D eigenvalue weighted by Crippen LogP contribution is -2.68. The van der Waals surface area contributed by atoms with Crippen molar-refractivity contribution >= 4 is 18.3 Å². The lowest BCUT2D eigenvalue weighted by molar-refractivity contribution is -0.298. The molecule has 2 aliphatic heterocycles. The molecule has 9 atom stereocenters. The Hall–Kier alpha value is -0.600. The van der Waals surface area contributed by atoms with E-state index in [9.17, 15) is 35.4 Å². The van der Waals surface area contributed by atoms with E-state index in [1.165, 1.54) is 6.92 Å². The number of halogens is 1. The fraction of sp³-hybridized carbons (Fsp3) is 0.929. The Labute approximate surface area is 156 Å². The fourth-order valence-electron chi connectivity index (χ4n) is 3.05. The standard InChI is InChI=1S/C14H26N2O9.ClH/c1-5(19)16-9-12(23)11(22)8(4-18)24-14(9)25-13-6(3-17)15-2-7(20)10(13)21;/h6-15,17-18,20-23H,2-4H2,1H3,(H,16,19);1H/t6-,7+,8-,9+,10-,11-,12-,13-,14+;/m1./s1. The summed E-state index contributed by atoms with van der Waals surface area (Å²) in [4.78, 5) is 11.4. The van der Waals surface area contributed by atoms with Gasteiger partial charge in [-0.15, -0.1) is 12.4 Å². The van der Waals surface area contributed by atoms with Crippen LogP contribution in [-0.2, 0) is 14.3 Å². The van der Waals surface area contributed by atoms with E-state index >= 15 is 0 Å². The summed E-state index contributed by atoms with van der Waals surface area (Å²) < 4.78 is 11.0. The van der Waals surface area contributed by atoms with Crippen LogP contribution in [0.5, 0.6) is 0 Å². The summed E-state index contributed by atoms with van der Waals surface area (Å²) in [6.45, 7) is 0.238. The largest absolute Gasteiger partial charge is 0.395 e. The Morgan fingerprint density at radius 1 is 1.15 bits per heavy atom. The molecule has 0 aliphatic carbocycles. The lowest BCUT2D eigenvalue weighted by atomic mass is 9.94. The quantitative estimate of drug-likeness (QED) is 0.223. The van der Waals surface area contributed by atoms with E-state index in [2.05, 4.69) is 10.6 Å². The maximum absolute atomic E-state index is 11.4. The number of hydrogen-bond acceptors (Lipinski definition) is 10. The minimum atomic E-state index is -1.49. The number of carbonyl (C=O) groups excluding carboxylic acids is 1. The van der Waals surface area contributed by atoms with Gasteiger partial charge >= 0.3 is 0 Å². The molecule has 2 aliphatic rings. The summed E-state index contributed by atoms with van der Waals surface area (Å²) in [5.41, 5.74) is 0. The summed E-state index contributed by atoms with van der Waals surface area (Å²) in [7, 11) is 0. The molecule has 12 heteroatoms. The fourth-order valence-corrected chi connectivity index (χ4v) is 3.05. The molecule has 26 heavy (non-hydrogen) atoms. The second-order valence-electron chi connectivity index (χ2n) is 6.29. The van der Waals surface area contributed by atoms with Crippen molar-refractivity contribution in [1.82, 2.24) is 10.6 Å². The number of ether oxygens (including phenoxy) is 2. The van der Waals surface area contributed by atoms with Gasteiger partial charge in [-0.05, 0) is 0 Å². The van der Waals surface area contributed by atoms with Gasteiger partial charge in [-0.25, -0.2) is 0 Å². The molecule has 0 aromatic heterocycles. The van der Waals surface area contributed by atoms with Crippen LogP contribution in [-0.4, -0.2) is 111 Å². The summed E-state index contributed by atoms with van der Waals surface area (Å²) >= 11 is 0. The van der Waals surface area contributed by atoms with E-state index < -0.39 is 74.1 Å². The van der Waals surface area contributed by atoms with Crippen LogP contribution in [0.15, 0.2) is 0 Å². The van der Waals surface area contributed by atoms with E-state index in [1.54, 1.807) is 0 Å². The molecule has 0 radical (unpaired) electrons. The smallest absolute Gasteiger partial charge is 0.217 e. The van der Waals surface area contributed by atoms with Crippen LogP contribution >= 0.6 is 12.4 Å². The first-order chi connectivity index (χ1) is 11.8. The van der Waals surface area contributed by atoms with Crippen LogP contribution in [0.1, 0.15) is 6.92 Å². The van der Waals surface area contributed by atoms with Gasteiger partial charge in [0, 0.05) is 13.5 Å². The van der Waals surface area contributed by atoms with Crippen molar-refractivity contribution in [2.24, 2.45) is 0 Å². The highest BCUT2D eigenvalue weighted by atomic mass is 35.5. The predicted molar refractivity (Wildman–Crippen MR) is 88.4 cm³/mol. The van der Waals surface area contributed by atoms with Gasteiger partial charge < -0.3 is 50.7 Å². The van der Waals surface area contributed by atoms with Crippen molar-refractivity contribution in [2.75, 3.05) is 19.8 Å². The summed E-state index contributed by atoms with van der Waals surface area (Å²) in [6, 6.07) is -1.91. The predicted octanol–water partition coefficient (Wildman–Crippen LogP) is -4.58. The van der Waals surface area contributed by atoms with Gasteiger partial charge in [0.05, 0.1) is 25.4 Å². The van der Waals surface area contributed by atoms with Crippen LogP contribution in [0.2, 0.25) is 0 Å². The molecule has 8 N–H and O–H groups in total. The SMILES string of the molecule is CC(=O)N[C@@H]1[C@H](O[C@H]2[C@H](O)[C@@H](O)CN[C@@H]2CO)O[C@H](CO)[C@@H](O)[C@@H]1O.Cl. The third-order valence-electron chi connectivity index (χ3n) is 4.46. The minimum absolute atomic E-state index is 0. The summed E-state index contributed by atoms with van der Waals surface area (Å²) in [5, 5.41) is 64.0. The first kappa shape index (κ1) is 23.4. The van der Waals surface area contributed by atoms with Crippen molar-refractivity contribution in [2.45, 2.75) is 61.9 Å². The van der Waals surface area contributed by atoms with Gasteiger partial charge in [0.25, 0.3) is 0 Å². The van der Waals surface area contributed by atoms with Gasteiger partial charge in [-0.1, -0.05) is 0 Å². The molecule has 154 valence electrons. The Kier molecular flexibility index (Phi) is 9.09. The molecule has 0 aromatic carbocycles. The van der Waals surface area contributed by atoms with Gasteiger partial charge in [-0.3, -0.25) is 4.79 Å². The van der Waals surface area contributed by atoms with Crippen LogP contribution in [0, 0.1) is 0 Å². The zero-order valence-electron chi connectivity index (χ0n) is 14.1. The van der Waals surface area contributed by atoms with E-state index in [4.69, 9.17) is 9.47 Å². The van der Waals surface area contributed by atoms with E-state index in [1.807, 2.05) is 0 Å². The highest BCUT2D eigenvalue weighted by Crippen LogP contribution is 2.26. The third-order valence-corrected chi connectivity index (χ3v) is 4.46. The highest BCUT2D eigenvalue weighted by Gasteiger charge is 2.48. The van der Waals surface area contributed by atoms with Gasteiger partial charge in [0.15, 0.2) is 6.29 Å². The Morgan fingerprint density at radius 2 is 1.81 bits per heavy atom. The summed E-state index contributed by atoms with van der Waals surface area (Å²) in [6.07, 6.45) is -9.08. The van der Waals surface area contributed by atoms with Crippen LogP contribution in [0.25, 0.3) is 0 Å². The number of rotatable bonds is 5. The molecule has 2 saturated heterocycles. The second kappa shape index (κ2) is 10.1. The molecule has 2 rings (SSSR count). The van der Waals surface area contributed by atoms with Crippen LogP contribution < -0.4 is 10.6 Å². The van der Waals surface area contributed by atoms with Crippen LogP contribution in [0.4, 0.5) is 0 Å². The molecule has 0 saturated carbocycles. The number of nitrogens with one attached hydrogen (secondary N) is 2. The number of β-amino-alcohol motifs (C(OH)–C–C–N with tert-alkyl or cyclic N) is 1. The van der Waals surface area contributed by atoms with Crippen molar-refractivity contribution < 1.29 is 44.9 Å². The van der Waals surface area contributed by atoms with Crippen molar-refractivity contribution in [1.29, 1.82) is 0 Å². The molecule has 2 heterocycles. The minimum Gasteiger partial charge on any atom is -0.395 e. The first-order valence-corrected chi connectivity index (χ1v) is 8.05. The molecular weight excluding hydrogens is 376 g/mol. The number of aliphatic hydroxyl groups is 6. The monoisotopic (exact) mass is 402 g/mol. The number of carbonyl (C=O) groups is 1. The van der Waals surface area contributed by atoms with Gasteiger partial charge in [-0.2, -0.15) is 0 Å². The summed E-state index contributed by atoms with van der Waals surface area (Å²) in [5.74, 6) is -0.517. The Balaban J connectivity index is 0.00000338. The number of amides is 1. The Bertz CT molecular complexity index is 458. The van der Waals surface area contributed by atoms with E-state index in [-0.39, 0.29) is 19.0 Å². The first-order valence-electron chi connectivity index (χ1n) is 8.05.